The molecule has 4 saturated carbocycles. The van der Waals surface area contributed by atoms with Gasteiger partial charge in [0.2, 0.25) is 0 Å². The van der Waals surface area contributed by atoms with Crippen LogP contribution in [0.5, 0.6) is 0 Å². The van der Waals surface area contributed by atoms with E-state index in [1.807, 2.05) is 0 Å². The van der Waals surface area contributed by atoms with Crippen molar-refractivity contribution in [1.29, 1.82) is 0 Å². The Morgan fingerprint density at radius 1 is 1.00 bits per heavy atom. The highest BCUT2D eigenvalue weighted by atomic mass is 32.1. The molecule has 0 bridgehead atoms. The monoisotopic (exact) mass is 436 g/mol. The van der Waals surface area contributed by atoms with Crippen molar-refractivity contribution >= 4 is 17.3 Å². The molecule has 0 aromatic carbocycles. The lowest BCUT2D eigenvalue weighted by molar-refractivity contribution is -0.156. The van der Waals surface area contributed by atoms with Crippen LogP contribution in [0.2, 0.25) is 0 Å². The van der Waals surface area contributed by atoms with Crippen LogP contribution < -0.4 is 10.6 Å². The third-order valence-electron chi connectivity index (χ3n) is 10.3. The predicted octanol–water partition coefficient (Wildman–Crippen LogP) is 4.39. The lowest BCUT2D eigenvalue weighted by atomic mass is 9.44. The molecule has 4 N–H and O–H groups in total. The van der Waals surface area contributed by atoms with Crippen LogP contribution >= 0.6 is 12.2 Å². The van der Waals surface area contributed by atoms with Gasteiger partial charge in [-0.1, -0.05) is 27.2 Å². The summed E-state index contributed by atoms with van der Waals surface area (Å²) >= 11 is 5.46. The maximum atomic E-state index is 11.8. The largest absolute Gasteiger partial charge is 0.393 e. The number of unbranched alkanes of at least 4 members (excludes halogenated alkanes) is 1. The molecule has 0 radical (unpaired) electrons. The first-order valence-electron chi connectivity index (χ1n) is 12.7. The second-order valence-electron chi connectivity index (χ2n) is 11.6. The molecular formula is C25H44N2O2S. The SMILES string of the molecule is CCCCNC(=S)NC[C@]1(O)CC[C@H]2[C@@H]3CC[C@H]4C[C@@H](O)CC[C@]4(C)[C@H]3CC[C@@]21C. The molecule has 0 aliphatic heterocycles. The van der Waals surface area contributed by atoms with Crippen LogP contribution in [-0.2, 0) is 0 Å². The van der Waals surface area contributed by atoms with Crippen LogP contribution in [0.3, 0.4) is 0 Å². The Bertz CT molecular complexity index is 645. The standard InChI is InChI=1S/C25H44N2O2S/c1-4-5-14-26-22(30)27-16-25(29)13-10-21-19-7-6-17-15-18(28)8-11-23(17,2)20(19)9-12-24(21,25)3/h17-21,28-29H,4-16H2,1-3H3,(H2,26,27,30)/t17-,18-,19+,20-,21-,23-,24-,25+/m0/s1. The minimum absolute atomic E-state index is 0.0163. The average molecular weight is 437 g/mol. The Hall–Kier alpha value is -0.390. The van der Waals surface area contributed by atoms with Gasteiger partial charge < -0.3 is 20.8 Å². The smallest absolute Gasteiger partial charge is 0.166 e. The van der Waals surface area contributed by atoms with Gasteiger partial charge in [0.15, 0.2) is 5.11 Å². The molecule has 5 heteroatoms. The third kappa shape index (κ3) is 3.71. The summed E-state index contributed by atoms with van der Waals surface area (Å²) < 4.78 is 0. The first-order chi connectivity index (χ1) is 14.2. The van der Waals surface area contributed by atoms with Gasteiger partial charge in [-0.3, -0.25) is 0 Å². The van der Waals surface area contributed by atoms with Crippen LogP contribution in [0.4, 0.5) is 0 Å². The summed E-state index contributed by atoms with van der Waals surface area (Å²) in [4.78, 5) is 0. The van der Waals surface area contributed by atoms with Gasteiger partial charge in [-0.15, -0.1) is 0 Å². The average Bonchev–Trinajstić information content (AvgIpc) is 2.99. The van der Waals surface area contributed by atoms with E-state index in [4.69, 9.17) is 12.2 Å². The number of aliphatic hydroxyl groups excluding tert-OH is 1. The van der Waals surface area contributed by atoms with Gasteiger partial charge >= 0.3 is 0 Å². The van der Waals surface area contributed by atoms with Crippen LogP contribution in [0.25, 0.3) is 0 Å². The van der Waals surface area contributed by atoms with Gasteiger partial charge in [-0.2, -0.15) is 0 Å². The first-order valence-corrected chi connectivity index (χ1v) is 13.1. The summed E-state index contributed by atoms with van der Waals surface area (Å²) in [5.74, 6) is 2.83. The van der Waals surface area contributed by atoms with E-state index in [0.717, 1.165) is 63.3 Å². The third-order valence-corrected chi connectivity index (χ3v) is 10.6. The summed E-state index contributed by atoms with van der Waals surface area (Å²) in [5, 5.41) is 29.4. The van der Waals surface area contributed by atoms with Crippen molar-refractivity contribution in [2.45, 2.75) is 103 Å². The lowest BCUT2D eigenvalue weighted by Gasteiger charge is -2.61. The minimum atomic E-state index is -0.667. The van der Waals surface area contributed by atoms with Crippen LogP contribution in [0, 0.1) is 34.5 Å². The normalized spacial score (nSPS) is 47.7. The highest BCUT2D eigenvalue weighted by molar-refractivity contribution is 7.80. The number of nitrogens with one attached hydrogen (secondary N) is 2. The lowest BCUT2D eigenvalue weighted by Crippen LogP contribution is -2.59. The van der Waals surface area contributed by atoms with E-state index in [1.54, 1.807) is 0 Å². The molecule has 0 spiro atoms. The molecule has 4 aliphatic rings. The Balaban J connectivity index is 1.44. The van der Waals surface area contributed by atoms with Gasteiger partial charge in [-0.05, 0) is 106 Å². The van der Waals surface area contributed by atoms with Crippen LogP contribution in [0.15, 0.2) is 0 Å². The van der Waals surface area contributed by atoms with E-state index >= 15 is 0 Å². The molecular weight excluding hydrogens is 392 g/mol. The summed E-state index contributed by atoms with van der Waals surface area (Å²) in [6.07, 6.45) is 12.3. The van der Waals surface area contributed by atoms with Crippen molar-refractivity contribution in [2.75, 3.05) is 13.1 Å². The van der Waals surface area contributed by atoms with Gasteiger partial charge in [0.25, 0.3) is 0 Å². The van der Waals surface area contributed by atoms with E-state index in [2.05, 4.69) is 31.4 Å². The zero-order valence-electron chi connectivity index (χ0n) is 19.4. The molecule has 0 saturated heterocycles. The summed E-state index contributed by atoms with van der Waals surface area (Å²) in [5.41, 5.74) is -0.287. The van der Waals surface area contributed by atoms with E-state index in [9.17, 15) is 10.2 Å². The number of thiocarbonyl (C=S) groups is 1. The Morgan fingerprint density at radius 3 is 2.53 bits per heavy atom. The fourth-order valence-electron chi connectivity index (χ4n) is 8.30. The van der Waals surface area contributed by atoms with Crippen molar-refractivity contribution in [3.63, 3.8) is 0 Å². The molecule has 0 aromatic heterocycles. The predicted molar refractivity (Wildman–Crippen MR) is 126 cm³/mol. The number of hydrogen-bond acceptors (Lipinski definition) is 3. The molecule has 0 heterocycles. The summed E-state index contributed by atoms with van der Waals surface area (Å²) in [6.45, 7) is 8.56. The second kappa shape index (κ2) is 8.51. The molecule has 4 nitrogen and oxygen atoms in total. The summed E-state index contributed by atoms with van der Waals surface area (Å²) in [7, 11) is 0. The Morgan fingerprint density at radius 2 is 1.77 bits per heavy atom. The van der Waals surface area contributed by atoms with Gasteiger partial charge in [-0.25, -0.2) is 0 Å². The van der Waals surface area contributed by atoms with E-state index in [0.29, 0.717) is 28.9 Å². The zero-order chi connectivity index (χ0) is 21.6. The fraction of sp³-hybridized carbons (Fsp3) is 0.960. The van der Waals surface area contributed by atoms with E-state index < -0.39 is 5.60 Å². The molecule has 0 aromatic rings. The Kier molecular flexibility index (Phi) is 6.47. The quantitative estimate of drug-likeness (QED) is 0.380. The second-order valence-corrected chi connectivity index (χ2v) is 12.0. The number of hydrogen-bond donors (Lipinski definition) is 4. The molecule has 0 amide bonds. The zero-order valence-corrected chi connectivity index (χ0v) is 20.2. The van der Waals surface area contributed by atoms with Gasteiger partial charge in [0.05, 0.1) is 11.7 Å². The van der Waals surface area contributed by atoms with Crippen LogP contribution in [0.1, 0.15) is 91.4 Å². The molecule has 4 aliphatic carbocycles. The molecule has 4 fully saturated rings. The van der Waals surface area contributed by atoms with Crippen LogP contribution in [-0.4, -0.2) is 40.1 Å². The van der Waals surface area contributed by atoms with Crippen molar-refractivity contribution in [3.05, 3.63) is 0 Å². The molecule has 8 atom stereocenters. The highest BCUT2D eigenvalue weighted by Crippen LogP contribution is 2.68. The summed E-state index contributed by atoms with van der Waals surface area (Å²) in [6, 6.07) is 0. The van der Waals surface area contributed by atoms with Crippen molar-refractivity contribution in [1.82, 2.24) is 10.6 Å². The maximum absolute atomic E-state index is 11.8. The number of aliphatic hydroxyl groups is 2. The molecule has 30 heavy (non-hydrogen) atoms. The van der Waals surface area contributed by atoms with Crippen molar-refractivity contribution < 1.29 is 10.2 Å². The maximum Gasteiger partial charge on any atom is 0.166 e. The molecule has 4 rings (SSSR count). The Labute approximate surface area is 189 Å². The topological polar surface area (TPSA) is 64.5 Å². The number of fused-ring (bicyclic) bond motifs is 5. The van der Waals surface area contributed by atoms with Crippen molar-refractivity contribution in [2.24, 2.45) is 34.5 Å². The molecule has 0 unspecified atom stereocenters. The van der Waals surface area contributed by atoms with E-state index in [-0.39, 0.29) is 11.5 Å². The van der Waals surface area contributed by atoms with Gasteiger partial charge in [0, 0.05) is 18.5 Å². The first kappa shape index (κ1) is 22.8. The van der Waals surface area contributed by atoms with Gasteiger partial charge in [0.1, 0.15) is 0 Å². The fourth-order valence-corrected chi connectivity index (χ4v) is 8.48. The van der Waals surface area contributed by atoms with Crippen molar-refractivity contribution in [3.8, 4) is 0 Å². The molecule has 172 valence electrons. The minimum Gasteiger partial charge on any atom is -0.393 e. The highest BCUT2D eigenvalue weighted by Gasteiger charge is 2.64. The van der Waals surface area contributed by atoms with E-state index in [1.165, 1.54) is 25.7 Å². The number of rotatable bonds is 5.